The Kier molecular flexibility index (Phi) is 3.74. The van der Waals surface area contributed by atoms with Gasteiger partial charge in [-0.2, -0.15) is 0 Å². The zero-order chi connectivity index (χ0) is 9.90. The third-order valence-corrected chi connectivity index (χ3v) is 2.93. The molecule has 1 heterocycles. The van der Waals surface area contributed by atoms with Crippen LogP contribution in [0.3, 0.4) is 0 Å². The van der Waals surface area contributed by atoms with E-state index in [-0.39, 0.29) is 5.54 Å². The molecule has 2 N–H and O–H groups in total. The molecule has 13 heavy (non-hydrogen) atoms. The smallest absolute Gasteiger partial charge is 0.0112 e. The Morgan fingerprint density at radius 3 is 2.62 bits per heavy atom. The first-order valence-electron chi connectivity index (χ1n) is 5.48. The molecule has 0 aromatic rings. The SMILES string of the molecule is CN1CCCCCC1CC(C)(C)N. The van der Waals surface area contributed by atoms with Crippen LogP contribution < -0.4 is 5.73 Å². The Balaban J connectivity index is 2.45. The van der Waals surface area contributed by atoms with Crippen LogP contribution in [0.4, 0.5) is 0 Å². The van der Waals surface area contributed by atoms with Crippen molar-refractivity contribution in [1.82, 2.24) is 4.90 Å². The summed E-state index contributed by atoms with van der Waals surface area (Å²) < 4.78 is 0. The number of rotatable bonds is 2. The summed E-state index contributed by atoms with van der Waals surface area (Å²) in [6.45, 7) is 5.51. The molecular weight excluding hydrogens is 160 g/mol. The molecule has 1 fully saturated rings. The Morgan fingerprint density at radius 2 is 2.00 bits per heavy atom. The van der Waals surface area contributed by atoms with Crippen LogP contribution in [-0.2, 0) is 0 Å². The summed E-state index contributed by atoms with van der Waals surface area (Å²) in [4.78, 5) is 2.49. The normalized spacial score (nSPS) is 27.2. The minimum atomic E-state index is -0.0106. The van der Waals surface area contributed by atoms with Crippen molar-refractivity contribution in [3.05, 3.63) is 0 Å². The molecule has 1 rings (SSSR count). The summed E-state index contributed by atoms with van der Waals surface area (Å²) in [7, 11) is 2.24. The number of hydrogen-bond donors (Lipinski definition) is 1. The summed E-state index contributed by atoms with van der Waals surface area (Å²) >= 11 is 0. The molecule has 0 bridgehead atoms. The maximum Gasteiger partial charge on any atom is 0.0112 e. The Bertz CT molecular complexity index is 149. The molecule has 0 aromatic carbocycles. The van der Waals surface area contributed by atoms with E-state index < -0.39 is 0 Å². The molecule has 2 nitrogen and oxygen atoms in total. The van der Waals surface area contributed by atoms with E-state index in [0.29, 0.717) is 6.04 Å². The van der Waals surface area contributed by atoms with Gasteiger partial charge in [-0.1, -0.05) is 12.8 Å². The average Bonchev–Trinajstić information content (AvgIpc) is 2.14. The molecule has 0 aromatic heterocycles. The zero-order valence-corrected chi connectivity index (χ0v) is 9.34. The predicted octanol–water partition coefficient (Wildman–Crippen LogP) is 1.99. The fourth-order valence-corrected chi connectivity index (χ4v) is 2.19. The molecule has 1 unspecified atom stereocenters. The maximum absolute atomic E-state index is 6.05. The van der Waals surface area contributed by atoms with Crippen molar-refractivity contribution in [2.24, 2.45) is 5.73 Å². The van der Waals surface area contributed by atoms with Gasteiger partial charge in [0.25, 0.3) is 0 Å². The highest BCUT2D eigenvalue weighted by Crippen LogP contribution is 2.21. The van der Waals surface area contributed by atoms with Crippen LogP contribution in [0.15, 0.2) is 0 Å². The highest BCUT2D eigenvalue weighted by molar-refractivity contribution is 4.82. The van der Waals surface area contributed by atoms with Crippen molar-refractivity contribution in [2.75, 3.05) is 13.6 Å². The lowest BCUT2D eigenvalue weighted by Gasteiger charge is -2.31. The summed E-state index contributed by atoms with van der Waals surface area (Å²) in [5.74, 6) is 0. The van der Waals surface area contributed by atoms with Crippen LogP contribution in [0, 0.1) is 0 Å². The van der Waals surface area contributed by atoms with Gasteiger partial charge in [0.2, 0.25) is 0 Å². The number of hydrogen-bond acceptors (Lipinski definition) is 2. The summed E-state index contributed by atoms with van der Waals surface area (Å²) in [6, 6.07) is 0.711. The molecule has 1 aliphatic heterocycles. The minimum absolute atomic E-state index is 0.0106. The maximum atomic E-state index is 6.05. The van der Waals surface area contributed by atoms with E-state index in [9.17, 15) is 0 Å². The first-order valence-corrected chi connectivity index (χ1v) is 5.48. The van der Waals surface area contributed by atoms with Gasteiger partial charge in [0, 0.05) is 11.6 Å². The van der Waals surface area contributed by atoms with Crippen LogP contribution in [0.1, 0.15) is 46.0 Å². The Labute approximate surface area is 82.5 Å². The van der Waals surface area contributed by atoms with Gasteiger partial charge in [0.05, 0.1) is 0 Å². The van der Waals surface area contributed by atoms with E-state index >= 15 is 0 Å². The minimum Gasteiger partial charge on any atom is -0.326 e. The van der Waals surface area contributed by atoms with E-state index in [4.69, 9.17) is 5.73 Å². The van der Waals surface area contributed by atoms with Crippen LogP contribution >= 0.6 is 0 Å². The topological polar surface area (TPSA) is 29.3 Å². The van der Waals surface area contributed by atoms with E-state index in [0.717, 1.165) is 6.42 Å². The van der Waals surface area contributed by atoms with E-state index in [1.807, 2.05) is 0 Å². The lowest BCUT2D eigenvalue weighted by atomic mass is 9.93. The quantitative estimate of drug-likeness (QED) is 0.711. The average molecular weight is 184 g/mol. The van der Waals surface area contributed by atoms with Gasteiger partial charge < -0.3 is 10.6 Å². The highest BCUT2D eigenvalue weighted by atomic mass is 15.1. The van der Waals surface area contributed by atoms with Crippen molar-refractivity contribution in [3.63, 3.8) is 0 Å². The van der Waals surface area contributed by atoms with Crippen LogP contribution in [0.5, 0.6) is 0 Å². The van der Waals surface area contributed by atoms with Crippen molar-refractivity contribution < 1.29 is 0 Å². The van der Waals surface area contributed by atoms with Crippen LogP contribution in [0.25, 0.3) is 0 Å². The first kappa shape index (κ1) is 11.0. The molecular formula is C11H24N2. The number of nitrogens with zero attached hydrogens (tertiary/aromatic N) is 1. The third-order valence-electron chi connectivity index (χ3n) is 2.93. The molecule has 0 radical (unpaired) electrons. The van der Waals surface area contributed by atoms with Crippen molar-refractivity contribution in [2.45, 2.75) is 57.5 Å². The van der Waals surface area contributed by atoms with Crippen molar-refractivity contribution in [1.29, 1.82) is 0 Å². The lowest BCUT2D eigenvalue weighted by Crippen LogP contribution is -2.42. The second kappa shape index (κ2) is 4.43. The monoisotopic (exact) mass is 184 g/mol. The predicted molar refractivity (Wildman–Crippen MR) is 57.8 cm³/mol. The van der Waals surface area contributed by atoms with E-state index in [1.165, 1.54) is 32.2 Å². The molecule has 2 heteroatoms. The number of nitrogens with two attached hydrogens (primary N) is 1. The molecule has 0 saturated carbocycles. The zero-order valence-electron chi connectivity index (χ0n) is 9.34. The molecule has 1 saturated heterocycles. The lowest BCUT2D eigenvalue weighted by molar-refractivity contribution is 0.205. The second-order valence-corrected chi connectivity index (χ2v) is 5.18. The van der Waals surface area contributed by atoms with Crippen LogP contribution in [-0.4, -0.2) is 30.1 Å². The van der Waals surface area contributed by atoms with E-state index in [1.54, 1.807) is 0 Å². The first-order chi connectivity index (χ1) is 5.99. The number of likely N-dealkylation sites (tertiary alicyclic amines) is 1. The van der Waals surface area contributed by atoms with Gasteiger partial charge in [-0.25, -0.2) is 0 Å². The fraction of sp³-hybridized carbons (Fsp3) is 1.00. The van der Waals surface area contributed by atoms with E-state index in [2.05, 4.69) is 25.8 Å². The highest BCUT2D eigenvalue weighted by Gasteiger charge is 2.23. The Hall–Kier alpha value is -0.0800. The van der Waals surface area contributed by atoms with Gasteiger partial charge in [-0.3, -0.25) is 0 Å². The van der Waals surface area contributed by atoms with Crippen molar-refractivity contribution >= 4 is 0 Å². The van der Waals surface area contributed by atoms with Gasteiger partial charge >= 0.3 is 0 Å². The van der Waals surface area contributed by atoms with Gasteiger partial charge in [-0.15, -0.1) is 0 Å². The second-order valence-electron chi connectivity index (χ2n) is 5.18. The molecule has 1 aliphatic rings. The Morgan fingerprint density at radius 1 is 1.31 bits per heavy atom. The summed E-state index contributed by atoms with van der Waals surface area (Å²) in [5.41, 5.74) is 6.04. The standard InChI is InChI=1S/C11H24N2/c1-11(2,12)9-10-7-5-4-6-8-13(10)3/h10H,4-9,12H2,1-3H3. The fourth-order valence-electron chi connectivity index (χ4n) is 2.19. The molecule has 1 atom stereocenters. The van der Waals surface area contributed by atoms with Gasteiger partial charge in [-0.05, 0) is 46.7 Å². The molecule has 0 amide bonds. The third kappa shape index (κ3) is 4.10. The molecule has 0 spiro atoms. The largest absolute Gasteiger partial charge is 0.326 e. The molecule has 78 valence electrons. The van der Waals surface area contributed by atoms with Gasteiger partial charge in [0.1, 0.15) is 0 Å². The van der Waals surface area contributed by atoms with Crippen molar-refractivity contribution in [3.8, 4) is 0 Å². The van der Waals surface area contributed by atoms with Crippen LogP contribution in [0.2, 0.25) is 0 Å². The summed E-state index contributed by atoms with van der Waals surface area (Å²) in [5, 5.41) is 0. The molecule has 0 aliphatic carbocycles. The van der Waals surface area contributed by atoms with Gasteiger partial charge in [0.15, 0.2) is 0 Å². The summed E-state index contributed by atoms with van der Waals surface area (Å²) in [6.07, 6.45) is 6.59.